The van der Waals surface area contributed by atoms with Crippen molar-refractivity contribution in [2.75, 3.05) is 18.9 Å². The molecule has 0 aromatic heterocycles. The van der Waals surface area contributed by atoms with Gasteiger partial charge in [-0.15, -0.1) is 0 Å². The molecule has 0 aliphatic rings. The Morgan fingerprint density at radius 1 is 1.17 bits per heavy atom. The number of non-ortho nitro benzene ring substituents is 1. The van der Waals surface area contributed by atoms with E-state index in [1.807, 2.05) is 13.8 Å². The first kappa shape index (κ1) is 14.1. The van der Waals surface area contributed by atoms with Gasteiger partial charge in [0.15, 0.2) is 11.5 Å². The lowest BCUT2D eigenvalue weighted by atomic mass is 10.2. The van der Waals surface area contributed by atoms with Crippen LogP contribution in [0.25, 0.3) is 0 Å². The van der Waals surface area contributed by atoms with Crippen molar-refractivity contribution in [1.29, 1.82) is 0 Å². The fraction of sp³-hybridized carbons (Fsp3) is 0.500. The van der Waals surface area contributed by atoms with Gasteiger partial charge in [0.05, 0.1) is 30.3 Å². The highest BCUT2D eigenvalue weighted by molar-refractivity contribution is 5.67. The van der Waals surface area contributed by atoms with E-state index in [0.717, 1.165) is 12.8 Å². The fourth-order valence-corrected chi connectivity index (χ4v) is 1.36. The summed E-state index contributed by atoms with van der Waals surface area (Å²) in [6.07, 6.45) is 1.60. The molecule has 0 fully saturated rings. The number of rotatable bonds is 7. The molecule has 0 saturated carbocycles. The van der Waals surface area contributed by atoms with E-state index in [0.29, 0.717) is 30.4 Å². The number of nitrogens with zero attached hydrogens (tertiary/aromatic N) is 1. The Morgan fingerprint density at radius 3 is 1.94 bits per heavy atom. The van der Waals surface area contributed by atoms with E-state index in [1.54, 1.807) is 0 Å². The summed E-state index contributed by atoms with van der Waals surface area (Å²) in [6, 6.07) is 2.65. The van der Waals surface area contributed by atoms with Crippen LogP contribution >= 0.6 is 0 Å². The van der Waals surface area contributed by atoms with E-state index in [2.05, 4.69) is 0 Å². The molecule has 0 bridgehead atoms. The molecule has 1 aromatic rings. The van der Waals surface area contributed by atoms with Crippen LogP contribution in [-0.2, 0) is 0 Å². The topological polar surface area (TPSA) is 87.6 Å². The fourth-order valence-electron chi connectivity index (χ4n) is 1.36. The summed E-state index contributed by atoms with van der Waals surface area (Å²) in [5, 5.41) is 10.8. The van der Waals surface area contributed by atoms with Gasteiger partial charge in [-0.25, -0.2) is 0 Å². The van der Waals surface area contributed by atoms with Crippen molar-refractivity contribution >= 4 is 11.4 Å². The number of anilines is 1. The third kappa shape index (κ3) is 3.51. The van der Waals surface area contributed by atoms with E-state index in [4.69, 9.17) is 15.2 Å². The lowest BCUT2D eigenvalue weighted by molar-refractivity contribution is -0.385. The molecule has 0 heterocycles. The summed E-state index contributed by atoms with van der Waals surface area (Å²) < 4.78 is 10.8. The van der Waals surface area contributed by atoms with Gasteiger partial charge in [-0.2, -0.15) is 0 Å². The van der Waals surface area contributed by atoms with Crippen molar-refractivity contribution in [1.82, 2.24) is 0 Å². The van der Waals surface area contributed by atoms with Gasteiger partial charge in [0.2, 0.25) is 0 Å². The normalized spacial score (nSPS) is 10.1. The third-order valence-corrected chi connectivity index (χ3v) is 2.22. The summed E-state index contributed by atoms with van der Waals surface area (Å²) in [4.78, 5) is 10.3. The van der Waals surface area contributed by atoms with Gasteiger partial charge in [-0.3, -0.25) is 10.1 Å². The van der Waals surface area contributed by atoms with Crippen molar-refractivity contribution in [3.63, 3.8) is 0 Å². The Bertz CT molecular complexity index is 392. The average molecular weight is 254 g/mol. The third-order valence-electron chi connectivity index (χ3n) is 2.22. The highest BCUT2D eigenvalue weighted by Crippen LogP contribution is 2.36. The maximum atomic E-state index is 10.8. The van der Waals surface area contributed by atoms with Crippen LogP contribution in [0.2, 0.25) is 0 Å². The van der Waals surface area contributed by atoms with E-state index < -0.39 is 4.92 Å². The van der Waals surface area contributed by atoms with Crippen molar-refractivity contribution in [2.45, 2.75) is 26.7 Å². The lowest BCUT2D eigenvalue weighted by Crippen LogP contribution is -2.04. The zero-order chi connectivity index (χ0) is 13.5. The molecule has 0 amide bonds. The van der Waals surface area contributed by atoms with Crippen LogP contribution in [0.3, 0.4) is 0 Å². The summed E-state index contributed by atoms with van der Waals surface area (Å²) >= 11 is 0. The zero-order valence-corrected chi connectivity index (χ0v) is 10.6. The van der Waals surface area contributed by atoms with Crippen molar-refractivity contribution in [2.24, 2.45) is 0 Å². The summed E-state index contributed by atoms with van der Waals surface area (Å²) in [5.41, 5.74) is 6.09. The van der Waals surface area contributed by atoms with E-state index in [1.165, 1.54) is 12.1 Å². The SMILES string of the molecule is CCCOc1cc([N+](=O)[O-])cc(OCCC)c1N. The molecule has 0 saturated heterocycles. The van der Waals surface area contributed by atoms with Crippen LogP contribution in [0, 0.1) is 10.1 Å². The quantitative estimate of drug-likeness (QED) is 0.459. The molecule has 0 aliphatic carbocycles. The van der Waals surface area contributed by atoms with Crippen molar-refractivity contribution in [3.05, 3.63) is 22.2 Å². The molecular weight excluding hydrogens is 236 g/mol. The van der Waals surface area contributed by atoms with Crippen LogP contribution in [-0.4, -0.2) is 18.1 Å². The maximum absolute atomic E-state index is 10.8. The van der Waals surface area contributed by atoms with Crippen LogP contribution in [0.4, 0.5) is 11.4 Å². The van der Waals surface area contributed by atoms with Crippen LogP contribution in [0.15, 0.2) is 12.1 Å². The predicted molar refractivity (Wildman–Crippen MR) is 69.1 cm³/mol. The summed E-state index contributed by atoms with van der Waals surface area (Å²) in [6.45, 7) is 4.81. The maximum Gasteiger partial charge on any atom is 0.277 e. The molecule has 1 rings (SSSR count). The molecule has 1 aromatic carbocycles. The second kappa shape index (κ2) is 6.68. The van der Waals surface area contributed by atoms with Gasteiger partial charge in [0, 0.05) is 0 Å². The lowest BCUT2D eigenvalue weighted by Gasteiger charge is -2.12. The van der Waals surface area contributed by atoms with E-state index in [9.17, 15) is 10.1 Å². The molecule has 18 heavy (non-hydrogen) atoms. The van der Waals surface area contributed by atoms with E-state index in [-0.39, 0.29) is 5.69 Å². The molecule has 0 aliphatic heterocycles. The monoisotopic (exact) mass is 254 g/mol. The molecule has 0 atom stereocenters. The molecular formula is C12H18N2O4. The van der Waals surface area contributed by atoms with Crippen LogP contribution < -0.4 is 15.2 Å². The van der Waals surface area contributed by atoms with Crippen molar-refractivity contribution < 1.29 is 14.4 Å². The van der Waals surface area contributed by atoms with Gasteiger partial charge in [-0.05, 0) is 12.8 Å². The minimum Gasteiger partial charge on any atom is -0.491 e. The number of nitrogens with two attached hydrogens (primary N) is 1. The van der Waals surface area contributed by atoms with E-state index >= 15 is 0 Å². The molecule has 0 spiro atoms. The highest BCUT2D eigenvalue weighted by atomic mass is 16.6. The first-order valence-electron chi connectivity index (χ1n) is 5.93. The second-order valence-corrected chi connectivity index (χ2v) is 3.81. The first-order valence-corrected chi connectivity index (χ1v) is 5.93. The number of nitro groups is 1. The van der Waals surface area contributed by atoms with Gasteiger partial charge in [0.25, 0.3) is 5.69 Å². The first-order chi connectivity index (χ1) is 8.60. The van der Waals surface area contributed by atoms with Crippen LogP contribution in [0.1, 0.15) is 26.7 Å². The molecule has 2 N–H and O–H groups in total. The Balaban J connectivity index is 3.07. The smallest absolute Gasteiger partial charge is 0.277 e. The predicted octanol–water partition coefficient (Wildman–Crippen LogP) is 2.75. The Labute approximate surface area is 106 Å². The number of hydrogen-bond donors (Lipinski definition) is 1. The van der Waals surface area contributed by atoms with Crippen molar-refractivity contribution in [3.8, 4) is 11.5 Å². The molecule has 100 valence electrons. The number of nitrogen functional groups attached to an aromatic ring is 1. The Kier molecular flexibility index (Phi) is 5.23. The average Bonchev–Trinajstić information content (AvgIpc) is 2.35. The van der Waals surface area contributed by atoms with Gasteiger partial charge < -0.3 is 15.2 Å². The molecule has 6 heteroatoms. The Hall–Kier alpha value is -1.98. The highest BCUT2D eigenvalue weighted by Gasteiger charge is 2.16. The molecule has 0 radical (unpaired) electrons. The Morgan fingerprint density at radius 2 is 1.61 bits per heavy atom. The minimum absolute atomic E-state index is 0.0820. The second-order valence-electron chi connectivity index (χ2n) is 3.81. The number of nitro benzene ring substituents is 1. The van der Waals surface area contributed by atoms with Crippen LogP contribution in [0.5, 0.6) is 11.5 Å². The molecule has 0 unspecified atom stereocenters. The molecule has 6 nitrogen and oxygen atoms in total. The van der Waals surface area contributed by atoms with Gasteiger partial charge in [0.1, 0.15) is 5.69 Å². The number of benzene rings is 1. The van der Waals surface area contributed by atoms with Gasteiger partial charge in [-0.1, -0.05) is 13.8 Å². The number of hydrogen-bond acceptors (Lipinski definition) is 5. The standard InChI is InChI=1S/C12H18N2O4/c1-3-5-17-10-7-9(14(15)16)8-11(12(10)13)18-6-4-2/h7-8H,3-6,13H2,1-2H3. The summed E-state index contributed by atoms with van der Waals surface area (Å²) in [7, 11) is 0. The summed E-state index contributed by atoms with van der Waals surface area (Å²) in [5.74, 6) is 0.606. The van der Waals surface area contributed by atoms with Gasteiger partial charge >= 0.3 is 0 Å². The largest absolute Gasteiger partial charge is 0.491 e. The zero-order valence-electron chi connectivity index (χ0n) is 10.6. The minimum atomic E-state index is -0.489. The number of ether oxygens (including phenoxy) is 2.